The van der Waals surface area contributed by atoms with Gasteiger partial charge >= 0.3 is 5.63 Å². The summed E-state index contributed by atoms with van der Waals surface area (Å²) in [7, 11) is 0. The van der Waals surface area contributed by atoms with Crippen LogP contribution >= 0.6 is 0 Å². The molecule has 0 saturated carbocycles. The summed E-state index contributed by atoms with van der Waals surface area (Å²) in [5.74, 6) is 2.12. The molecule has 0 fully saturated rings. The Kier molecular flexibility index (Phi) is 4.57. The molecule has 0 bridgehead atoms. The van der Waals surface area contributed by atoms with Gasteiger partial charge in [0.2, 0.25) is 6.79 Å². The van der Waals surface area contributed by atoms with Crippen LogP contribution in [0.4, 0.5) is 0 Å². The number of rotatable bonds is 6. The van der Waals surface area contributed by atoms with Gasteiger partial charge in [-0.1, -0.05) is 24.3 Å². The van der Waals surface area contributed by atoms with E-state index in [2.05, 4.69) is 9.97 Å². The van der Waals surface area contributed by atoms with Crippen molar-refractivity contribution < 1.29 is 18.6 Å². The zero-order valence-electron chi connectivity index (χ0n) is 15.6. The Balaban J connectivity index is 1.21. The van der Waals surface area contributed by atoms with Gasteiger partial charge in [0.25, 0.3) is 0 Å². The van der Waals surface area contributed by atoms with Gasteiger partial charge in [-0.25, -0.2) is 14.8 Å². The second kappa shape index (κ2) is 7.52. The molecule has 0 saturated heterocycles. The summed E-state index contributed by atoms with van der Waals surface area (Å²) in [6.45, 7) is 1.31. The minimum Gasteiger partial charge on any atom is -0.454 e. The average molecular weight is 390 g/mol. The van der Waals surface area contributed by atoms with Gasteiger partial charge in [0.1, 0.15) is 11.4 Å². The molecule has 0 spiro atoms. The van der Waals surface area contributed by atoms with Gasteiger partial charge < -0.3 is 18.6 Å². The van der Waals surface area contributed by atoms with Gasteiger partial charge in [0, 0.05) is 30.0 Å². The van der Waals surface area contributed by atoms with Crippen molar-refractivity contribution in [3.05, 3.63) is 70.5 Å². The molecule has 7 nitrogen and oxygen atoms in total. The topological polar surface area (TPSA) is 83.7 Å². The zero-order valence-corrected chi connectivity index (χ0v) is 15.6. The van der Waals surface area contributed by atoms with E-state index in [1.807, 2.05) is 36.4 Å². The third-order valence-corrected chi connectivity index (χ3v) is 4.81. The van der Waals surface area contributed by atoms with Crippen LogP contribution in [0.5, 0.6) is 11.5 Å². The van der Waals surface area contributed by atoms with E-state index in [1.165, 1.54) is 0 Å². The zero-order chi connectivity index (χ0) is 19.6. The average Bonchev–Trinajstić information content (AvgIpc) is 3.22. The molecule has 146 valence electrons. The second-order valence-electron chi connectivity index (χ2n) is 6.78. The SMILES string of the molecule is O=c1oc2ccccc2c2cnc(CCCOCc3ccc4c(c3)OCO4)nc12. The summed E-state index contributed by atoms with van der Waals surface area (Å²) >= 11 is 0. The number of aromatic nitrogens is 2. The van der Waals surface area contributed by atoms with E-state index in [4.69, 9.17) is 18.6 Å². The first-order valence-corrected chi connectivity index (χ1v) is 9.42. The number of ether oxygens (including phenoxy) is 3. The van der Waals surface area contributed by atoms with Crippen molar-refractivity contribution in [3.8, 4) is 11.5 Å². The molecule has 7 heteroatoms. The summed E-state index contributed by atoms with van der Waals surface area (Å²) < 4.78 is 21.8. The van der Waals surface area contributed by atoms with Crippen LogP contribution in [0.15, 0.2) is 57.9 Å². The van der Waals surface area contributed by atoms with Crippen molar-refractivity contribution in [2.24, 2.45) is 0 Å². The standard InChI is InChI=1S/C22H18N2O5/c25-22-21-16(15-4-1-2-5-17(15)29-22)11-23-20(24-21)6-3-9-26-12-14-7-8-18-19(10-14)28-13-27-18/h1-2,4-5,7-8,10-11H,3,6,9,12-13H2. The summed E-state index contributed by atoms with van der Waals surface area (Å²) in [6.07, 6.45) is 3.06. The third kappa shape index (κ3) is 3.52. The fraction of sp³-hybridized carbons (Fsp3) is 0.227. The normalized spacial score (nSPS) is 12.7. The predicted octanol–water partition coefficient (Wildman–Crippen LogP) is 3.61. The summed E-state index contributed by atoms with van der Waals surface area (Å²) in [4.78, 5) is 21.1. The molecule has 1 aliphatic rings. The smallest absolute Gasteiger partial charge is 0.363 e. The number of para-hydroxylation sites is 1. The maximum Gasteiger partial charge on any atom is 0.363 e. The van der Waals surface area contributed by atoms with Crippen LogP contribution in [0, 0.1) is 0 Å². The lowest BCUT2D eigenvalue weighted by Gasteiger charge is -2.06. The number of hydrogen-bond acceptors (Lipinski definition) is 7. The van der Waals surface area contributed by atoms with Crippen LogP contribution in [-0.4, -0.2) is 23.4 Å². The number of fused-ring (bicyclic) bond motifs is 4. The highest BCUT2D eigenvalue weighted by Crippen LogP contribution is 2.32. The van der Waals surface area contributed by atoms with Crippen molar-refractivity contribution in [1.29, 1.82) is 0 Å². The highest BCUT2D eigenvalue weighted by atomic mass is 16.7. The molecular formula is C22H18N2O5. The Labute approximate surface area is 165 Å². The predicted molar refractivity (Wildman–Crippen MR) is 106 cm³/mol. The van der Waals surface area contributed by atoms with Crippen LogP contribution in [0.3, 0.4) is 0 Å². The van der Waals surface area contributed by atoms with Gasteiger partial charge in [-0.15, -0.1) is 0 Å². The van der Waals surface area contributed by atoms with Gasteiger partial charge in [-0.05, 0) is 30.2 Å². The molecule has 2 aromatic carbocycles. The fourth-order valence-electron chi connectivity index (χ4n) is 3.37. The van der Waals surface area contributed by atoms with Crippen molar-refractivity contribution in [1.82, 2.24) is 9.97 Å². The second-order valence-corrected chi connectivity index (χ2v) is 6.78. The molecule has 29 heavy (non-hydrogen) atoms. The van der Waals surface area contributed by atoms with Crippen molar-refractivity contribution in [2.45, 2.75) is 19.4 Å². The first kappa shape index (κ1) is 17.6. The van der Waals surface area contributed by atoms with Gasteiger partial charge in [-0.3, -0.25) is 0 Å². The Morgan fingerprint density at radius 3 is 2.90 bits per heavy atom. The Morgan fingerprint density at radius 1 is 1.03 bits per heavy atom. The number of hydrogen-bond donors (Lipinski definition) is 0. The van der Waals surface area contributed by atoms with Crippen LogP contribution in [0.25, 0.3) is 21.9 Å². The summed E-state index contributed by atoms with van der Waals surface area (Å²) in [5, 5.41) is 1.54. The van der Waals surface area contributed by atoms with E-state index in [9.17, 15) is 4.79 Å². The van der Waals surface area contributed by atoms with E-state index in [0.717, 1.165) is 28.9 Å². The molecular weight excluding hydrogens is 372 g/mol. The molecule has 0 radical (unpaired) electrons. The molecule has 3 heterocycles. The fourth-order valence-corrected chi connectivity index (χ4v) is 3.37. The summed E-state index contributed by atoms with van der Waals surface area (Å²) in [5.41, 5.74) is 1.44. The van der Waals surface area contributed by atoms with Crippen molar-refractivity contribution >= 4 is 21.9 Å². The maximum atomic E-state index is 12.3. The summed E-state index contributed by atoms with van der Waals surface area (Å²) in [6, 6.07) is 13.2. The Morgan fingerprint density at radius 2 is 1.93 bits per heavy atom. The number of benzene rings is 2. The van der Waals surface area contributed by atoms with Crippen molar-refractivity contribution in [2.75, 3.05) is 13.4 Å². The number of nitrogens with zero attached hydrogens (tertiary/aromatic N) is 2. The minimum atomic E-state index is -0.443. The van der Waals surface area contributed by atoms with Crippen molar-refractivity contribution in [3.63, 3.8) is 0 Å². The molecule has 5 rings (SSSR count). The molecule has 4 aromatic rings. The Hall–Kier alpha value is -3.45. The molecule has 0 aliphatic carbocycles. The lowest BCUT2D eigenvalue weighted by atomic mass is 10.1. The molecule has 0 atom stereocenters. The van der Waals surface area contributed by atoms with Crippen LogP contribution in [-0.2, 0) is 17.8 Å². The lowest BCUT2D eigenvalue weighted by molar-refractivity contribution is 0.118. The molecule has 1 aliphatic heterocycles. The van der Waals surface area contributed by atoms with Gasteiger partial charge in [0.05, 0.1) is 6.61 Å². The minimum absolute atomic E-state index is 0.263. The monoisotopic (exact) mass is 390 g/mol. The number of aryl methyl sites for hydroxylation is 1. The van der Waals surface area contributed by atoms with Crippen LogP contribution in [0.1, 0.15) is 17.8 Å². The van der Waals surface area contributed by atoms with Gasteiger partial charge in [0.15, 0.2) is 17.0 Å². The van der Waals surface area contributed by atoms with E-state index in [1.54, 1.807) is 12.3 Å². The largest absolute Gasteiger partial charge is 0.454 e. The van der Waals surface area contributed by atoms with Gasteiger partial charge in [-0.2, -0.15) is 0 Å². The molecule has 0 N–H and O–H groups in total. The molecule has 0 amide bonds. The molecule has 0 unspecified atom stereocenters. The quantitative estimate of drug-likeness (QED) is 0.282. The first-order chi connectivity index (χ1) is 14.3. The Bertz CT molecular complexity index is 1250. The molecule has 2 aromatic heterocycles. The van der Waals surface area contributed by atoms with Crippen LogP contribution < -0.4 is 15.1 Å². The third-order valence-electron chi connectivity index (χ3n) is 4.81. The van der Waals surface area contributed by atoms with E-state index in [0.29, 0.717) is 41.9 Å². The highest BCUT2D eigenvalue weighted by molar-refractivity contribution is 6.02. The highest BCUT2D eigenvalue weighted by Gasteiger charge is 2.13. The van der Waals surface area contributed by atoms with E-state index < -0.39 is 5.63 Å². The van der Waals surface area contributed by atoms with E-state index >= 15 is 0 Å². The van der Waals surface area contributed by atoms with Crippen LogP contribution in [0.2, 0.25) is 0 Å². The maximum absolute atomic E-state index is 12.3. The van der Waals surface area contributed by atoms with E-state index in [-0.39, 0.29) is 6.79 Å². The lowest BCUT2D eigenvalue weighted by Crippen LogP contribution is -2.07. The first-order valence-electron chi connectivity index (χ1n) is 9.42.